The first-order valence-corrected chi connectivity index (χ1v) is 10.3. The lowest BCUT2D eigenvalue weighted by atomic mass is 10.0. The highest BCUT2D eigenvalue weighted by atomic mass is 35.5. The Bertz CT molecular complexity index is 715. The van der Waals surface area contributed by atoms with Crippen LogP contribution in [-0.4, -0.2) is 45.5 Å². The summed E-state index contributed by atoms with van der Waals surface area (Å²) in [5, 5.41) is 0.203. The lowest BCUT2D eigenvalue weighted by molar-refractivity contribution is -0.134. The van der Waals surface area contributed by atoms with E-state index in [9.17, 15) is 13.2 Å². The van der Waals surface area contributed by atoms with Crippen LogP contribution in [0.4, 0.5) is 0 Å². The minimum absolute atomic E-state index is 0.00962. The summed E-state index contributed by atoms with van der Waals surface area (Å²) in [6.45, 7) is 5.02. The molecule has 8 heteroatoms. The lowest BCUT2D eigenvalue weighted by Crippen LogP contribution is -2.52. The number of rotatable bonds is 6. The third-order valence-electron chi connectivity index (χ3n) is 4.32. The summed E-state index contributed by atoms with van der Waals surface area (Å²) in [6.07, 6.45) is 3.01. The molecule has 1 amide bonds. The molecule has 1 aromatic carbocycles. The van der Waals surface area contributed by atoms with Crippen molar-refractivity contribution in [3.8, 4) is 5.75 Å². The van der Waals surface area contributed by atoms with E-state index >= 15 is 0 Å². The summed E-state index contributed by atoms with van der Waals surface area (Å²) in [5.74, 6) is 0.0567. The van der Waals surface area contributed by atoms with Crippen LogP contribution in [0.3, 0.4) is 0 Å². The van der Waals surface area contributed by atoms with E-state index in [1.54, 1.807) is 4.90 Å². The van der Waals surface area contributed by atoms with Crippen LogP contribution in [0.15, 0.2) is 23.1 Å². The van der Waals surface area contributed by atoms with Gasteiger partial charge in [-0.15, -0.1) is 0 Å². The predicted octanol–water partition coefficient (Wildman–Crippen LogP) is 2.66. The van der Waals surface area contributed by atoms with Gasteiger partial charge in [0.2, 0.25) is 15.9 Å². The number of benzene rings is 1. The van der Waals surface area contributed by atoms with Crippen LogP contribution in [0.25, 0.3) is 0 Å². The summed E-state index contributed by atoms with van der Waals surface area (Å²) < 4.78 is 33.0. The van der Waals surface area contributed by atoms with Gasteiger partial charge in [-0.25, -0.2) is 8.42 Å². The number of hydrogen-bond donors (Lipinski definition) is 1. The molecule has 1 fully saturated rings. The molecule has 0 unspecified atom stereocenters. The summed E-state index contributed by atoms with van der Waals surface area (Å²) >= 11 is 6.03. The average molecular weight is 389 g/mol. The van der Waals surface area contributed by atoms with E-state index in [1.165, 1.54) is 25.3 Å². The Morgan fingerprint density at radius 1 is 1.24 bits per heavy atom. The molecule has 1 N–H and O–H groups in total. The van der Waals surface area contributed by atoms with Gasteiger partial charge >= 0.3 is 0 Å². The monoisotopic (exact) mass is 388 g/mol. The molecule has 0 spiro atoms. The fourth-order valence-electron chi connectivity index (χ4n) is 2.83. The van der Waals surface area contributed by atoms with Gasteiger partial charge in [0.15, 0.2) is 0 Å². The predicted molar refractivity (Wildman–Crippen MR) is 97.4 cm³/mol. The highest BCUT2D eigenvalue weighted by Crippen LogP contribution is 2.27. The molecule has 6 nitrogen and oxygen atoms in total. The SMILES string of the molecule is COc1ccc(S(=O)(=O)N[C@H](C(=O)N2CCCCC2)C(C)C)cc1Cl. The fourth-order valence-corrected chi connectivity index (χ4v) is 4.52. The number of hydrogen-bond acceptors (Lipinski definition) is 4. The first-order valence-electron chi connectivity index (χ1n) is 8.41. The number of carbonyl (C=O) groups is 1. The molecule has 1 saturated heterocycles. The Labute approximate surface area is 154 Å². The number of ether oxygens (including phenoxy) is 1. The quantitative estimate of drug-likeness (QED) is 0.812. The second-order valence-corrected chi connectivity index (χ2v) is 8.65. The van der Waals surface area contributed by atoms with Gasteiger partial charge in [0.25, 0.3) is 0 Å². The van der Waals surface area contributed by atoms with E-state index in [1.807, 2.05) is 13.8 Å². The Balaban J connectivity index is 2.22. The molecule has 1 aliphatic rings. The van der Waals surface area contributed by atoms with Crippen LogP contribution < -0.4 is 9.46 Å². The van der Waals surface area contributed by atoms with Gasteiger partial charge in [0, 0.05) is 13.1 Å². The van der Waals surface area contributed by atoms with Crippen molar-refractivity contribution in [1.82, 2.24) is 9.62 Å². The van der Waals surface area contributed by atoms with Crippen LogP contribution in [0, 0.1) is 5.92 Å². The van der Waals surface area contributed by atoms with E-state index in [4.69, 9.17) is 16.3 Å². The van der Waals surface area contributed by atoms with E-state index in [0.717, 1.165) is 19.3 Å². The molecule has 1 heterocycles. The Hall–Kier alpha value is -1.31. The molecule has 2 rings (SSSR count). The summed E-state index contributed by atoms with van der Waals surface area (Å²) in [5.41, 5.74) is 0. The van der Waals surface area contributed by atoms with Gasteiger partial charge in [-0.05, 0) is 43.4 Å². The van der Waals surface area contributed by atoms with Gasteiger partial charge < -0.3 is 9.64 Å². The highest BCUT2D eigenvalue weighted by Gasteiger charge is 2.32. The van der Waals surface area contributed by atoms with Gasteiger partial charge in [0.1, 0.15) is 11.8 Å². The zero-order valence-electron chi connectivity index (χ0n) is 14.8. The molecule has 0 saturated carbocycles. The molecular formula is C17H25ClN2O4S. The first kappa shape index (κ1) is 20.0. The minimum atomic E-state index is -3.87. The van der Waals surface area contributed by atoms with Crippen molar-refractivity contribution in [3.63, 3.8) is 0 Å². The number of sulfonamides is 1. The van der Waals surface area contributed by atoms with Crippen molar-refractivity contribution in [2.75, 3.05) is 20.2 Å². The van der Waals surface area contributed by atoms with Crippen LogP contribution in [0.1, 0.15) is 33.1 Å². The Morgan fingerprint density at radius 3 is 2.40 bits per heavy atom. The van der Waals surface area contributed by atoms with E-state index in [2.05, 4.69) is 4.72 Å². The fraction of sp³-hybridized carbons (Fsp3) is 0.588. The summed E-state index contributed by atoms with van der Waals surface area (Å²) in [6, 6.07) is 3.43. The maximum atomic E-state index is 12.8. The molecule has 0 aromatic heterocycles. The second kappa shape index (κ2) is 8.38. The van der Waals surface area contributed by atoms with Crippen molar-refractivity contribution in [1.29, 1.82) is 0 Å². The molecular weight excluding hydrogens is 364 g/mol. The number of halogens is 1. The number of nitrogens with zero attached hydrogens (tertiary/aromatic N) is 1. The number of likely N-dealkylation sites (tertiary alicyclic amines) is 1. The third kappa shape index (κ3) is 4.86. The van der Waals surface area contributed by atoms with Crippen molar-refractivity contribution >= 4 is 27.5 Å². The molecule has 0 bridgehead atoms. The van der Waals surface area contributed by atoms with E-state index in [-0.39, 0.29) is 21.7 Å². The average Bonchev–Trinajstić information content (AvgIpc) is 2.59. The Morgan fingerprint density at radius 2 is 1.88 bits per heavy atom. The molecule has 1 aromatic rings. The van der Waals surface area contributed by atoms with Crippen LogP contribution in [0.5, 0.6) is 5.75 Å². The van der Waals surface area contributed by atoms with E-state index < -0.39 is 16.1 Å². The molecule has 140 valence electrons. The molecule has 1 atom stereocenters. The first-order chi connectivity index (χ1) is 11.8. The highest BCUT2D eigenvalue weighted by molar-refractivity contribution is 7.89. The van der Waals surface area contributed by atoms with Gasteiger partial charge in [0.05, 0.1) is 17.0 Å². The van der Waals surface area contributed by atoms with Gasteiger partial charge in [-0.1, -0.05) is 25.4 Å². The largest absolute Gasteiger partial charge is 0.495 e. The number of piperidine rings is 1. The number of carbonyl (C=O) groups excluding carboxylic acids is 1. The summed E-state index contributed by atoms with van der Waals surface area (Å²) in [4.78, 5) is 14.5. The minimum Gasteiger partial charge on any atom is -0.495 e. The Kier molecular flexibility index (Phi) is 6.71. The second-order valence-electron chi connectivity index (χ2n) is 6.53. The molecule has 25 heavy (non-hydrogen) atoms. The zero-order valence-corrected chi connectivity index (χ0v) is 16.4. The molecule has 0 aliphatic carbocycles. The topological polar surface area (TPSA) is 75.7 Å². The standard InChI is InChI=1S/C17H25ClN2O4S/c1-12(2)16(17(21)20-9-5-4-6-10-20)19-25(22,23)13-7-8-15(24-3)14(18)11-13/h7-8,11-12,16,19H,4-6,9-10H2,1-3H3/t16-/m0/s1. The van der Waals surface area contributed by atoms with Crippen LogP contribution in [0.2, 0.25) is 5.02 Å². The van der Waals surface area contributed by atoms with E-state index in [0.29, 0.717) is 18.8 Å². The zero-order chi connectivity index (χ0) is 18.6. The normalized spacial score (nSPS) is 16.8. The summed E-state index contributed by atoms with van der Waals surface area (Å²) in [7, 11) is -2.42. The molecule has 0 radical (unpaired) electrons. The maximum Gasteiger partial charge on any atom is 0.241 e. The maximum absolute atomic E-state index is 12.8. The van der Waals surface area contributed by atoms with Gasteiger partial charge in [-0.3, -0.25) is 4.79 Å². The smallest absolute Gasteiger partial charge is 0.241 e. The third-order valence-corrected chi connectivity index (χ3v) is 6.05. The number of nitrogens with one attached hydrogen (secondary N) is 1. The van der Waals surface area contributed by atoms with Crippen molar-refractivity contribution in [3.05, 3.63) is 23.2 Å². The number of methoxy groups -OCH3 is 1. The van der Waals surface area contributed by atoms with Crippen molar-refractivity contribution in [2.45, 2.75) is 44.0 Å². The van der Waals surface area contributed by atoms with Crippen molar-refractivity contribution < 1.29 is 17.9 Å². The van der Waals surface area contributed by atoms with Gasteiger partial charge in [-0.2, -0.15) is 4.72 Å². The lowest BCUT2D eigenvalue weighted by Gasteiger charge is -2.32. The van der Waals surface area contributed by atoms with Crippen LogP contribution >= 0.6 is 11.6 Å². The van der Waals surface area contributed by atoms with Crippen LogP contribution in [-0.2, 0) is 14.8 Å². The van der Waals surface area contributed by atoms with Crippen molar-refractivity contribution in [2.24, 2.45) is 5.92 Å². The molecule has 1 aliphatic heterocycles. The number of amides is 1.